The minimum atomic E-state index is -0.392. The van der Waals surface area contributed by atoms with Crippen LogP contribution in [0.5, 0.6) is 11.5 Å². The first-order chi connectivity index (χ1) is 18.4. The molecule has 1 aliphatic carbocycles. The number of aliphatic hydroxyl groups is 1. The molecule has 1 aliphatic heterocycles. The molecule has 1 saturated carbocycles. The molecular weight excluding hydrogens is 478 g/mol. The van der Waals surface area contributed by atoms with Crippen LogP contribution in [0, 0.1) is 11.8 Å². The molecule has 0 bridgehead atoms. The van der Waals surface area contributed by atoms with E-state index in [0.717, 1.165) is 88.5 Å². The van der Waals surface area contributed by atoms with Gasteiger partial charge in [-0.1, -0.05) is 57.6 Å². The summed E-state index contributed by atoms with van der Waals surface area (Å²) in [5.41, 5.74) is 2.36. The second-order valence-electron chi connectivity index (χ2n) is 11.1. The Balaban J connectivity index is 1.38. The highest BCUT2D eigenvalue weighted by Gasteiger charge is 2.32. The van der Waals surface area contributed by atoms with Crippen molar-refractivity contribution in [3.8, 4) is 11.5 Å². The van der Waals surface area contributed by atoms with E-state index >= 15 is 0 Å². The SMILES string of the molecule is CCCCC[C@H](O)/C=C/[C@H]1CCC(=O)[C@@H]1CCCCCCC(=O)N1CCc2cc(OC)c(OC)cc2[C@@H]1C. The van der Waals surface area contributed by atoms with E-state index in [1.165, 1.54) is 5.56 Å². The highest BCUT2D eigenvalue weighted by Crippen LogP contribution is 2.38. The molecule has 4 atom stereocenters. The second-order valence-corrected chi connectivity index (χ2v) is 11.1. The molecule has 1 heterocycles. The molecule has 1 fully saturated rings. The Hall–Kier alpha value is -2.34. The summed E-state index contributed by atoms with van der Waals surface area (Å²) in [7, 11) is 3.29. The van der Waals surface area contributed by atoms with Crippen LogP contribution in [0.1, 0.15) is 108 Å². The number of ether oxygens (including phenoxy) is 2. The van der Waals surface area contributed by atoms with Crippen LogP contribution in [-0.2, 0) is 16.0 Å². The number of unbranched alkanes of at least 4 members (excludes halogenated alkanes) is 5. The lowest BCUT2D eigenvalue weighted by Gasteiger charge is -2.36. The van der Waals surface area contributed by atoms with Crippen molar-refractivity contribution in [1.29, 1.82) is 0 Å². The van der Waals surface area contributed by atoms with E-state index in [0.29, 0.717) is 24.4 Å². The molecule has 1 aromatic rings. The lowest BCUT2D eigenvalue weighted by atomic mass is 9.89. The Bertz CT molecular complexity index is 942. The normalized spacial score (nSPS) is 22.1. The minimum absolute atomic E-state index is 0.0228. The first-order valence-electron chi connectivity index (χ1n) is 14.8. The van der Waals surface area contributed by atoms with Crippen molar-refractivity contribution in [2.75, 3.05) is 20.8 Å². The number of nitrogens with zero attached hydrogens (tertiary/aromatic N) is 1. The first-order valence-corrected chi connectivity index (χ1v) is 14.8. The number of aliphatic hydroxyl groups excluding tert-OH is 1. The van der Waals surface area contributed by atoms with Crippen molar-refractivity contribution in [2.45, 2.75) is 109 Å². The van der Waals surface area contributed by atoms with Crippen LogP contribution in [0.25, 0.3) is 0 Å². The van der Waals surface area contributed by atoms with E-state index in [4.69, 9.17) is 9.47 Å². The van der Waals surface area contributed by atoms with E-state index in [2.05, 4.69) is 19.9 Å². The zero-order valence-corrected chi connectivity index (χ0v) is 24.0. The summed E-state index contributed by atoms with van der Waals surface area (Å²) in [5, 5.41) is 10.2. The van der Waals surface area contributed by atoms with Crippen LogP contribution >= 0.6 is 0 Å². The van der Waals surface area contributed by atoms with Gasteiger partial charge in [0.2, 0.25) is 5.91 Å². The highest BCUT2D eigenvalue weighted by atomic mass is 16.5. The molecule has 0 unspecified atom stereocenters. The number of hydrogen-bond acceptors (Lipinski definition) is 5. The van der Waals surface area contributed by atoms with Crippen LogP contribution in [-0.4, -0.2) is 48.6 Å². The standard InChI is InChI=1S/C32H49NO5/c1-5-6-9-12-26(34)17-15-24-16-18-29(35)27(24)13-10-7-8-11-14-32(36)33-20-19-25-21-30(37-3)31(38-4)22-28(25)23(33)2/h15,17,21-24,26-27,34H,5-14,16,18-20H2,1-4H3/b17-15+/t23-,24-,26-,27+/m0/s1. The third-order valence-corrected chi connectivity index (χ3v) is 8.50. The summed E-state index contributed by atoms with van der Waals surface area (Å²) in [4.78, 5) is 27.5. The Kier molecular flexibility index (Phi) is 12.2. The van der Waals surface area contributed by atoms with Crippen molar-refractivity contribution >= 4 is 11.7 Å². The van der Waals surface area contributed by atoms with Gasteiger partial charge in [-0.3, -0.25) is 9.59 Å². The number of benzene rings is 1. The molecule has 2 aliphatic rings. The van der Waals surface area contributed by atoms with Crippen LogP contribution in [0.15, 0.2) is 24.3 Å². The molecule has 0 spiro atoms. The van der Waals surface area contributed by atoms with Crippen molar-refractivity contribution in [2.24, 2.45) is 11.8 Å². The molecule has 1 aromatic carbocycles. The molecule has 212 valence electrons. The number of methoxy groups -OCH3 is 2. The van der Waals surface area contributed by atoms with E-state index in [1.807, 2.05) is 23.1 Å². The van der Waals surface area contributed by atoms with Gasteiger partial charge in [0.25, 0.3) is 0 Å². The van der Waals surface area contributed by atoms with Gasteiger partial charge in [0.15, 0.2) is 11.5 Å². The maximum absolute atomic E-state index is 13.0. The molecular formula is C32H49NO5. The van der Waals surface area contributed by atoms with Gasteiger partial charge in [-0.15, -0.1) is 0 Å². The number of Topliss-reactive ketones (excluding diaryl/α,β-unsaturated/α-hetero) is 1. The van der Waals surface area contributed by atoms with Crippen molar-refractivity contribution < 1.29 is 24.2 Å². The molecule has 1 N–H and O–H groups in total. The van der Waals surface area contributed by atoms with Gasteiger partial charge >= 0.3 is 0 Å². The van der Waals surface area contributed by atoms with Crippen LogP contribution in [0.3, 0.4) is 0 Å². The second kappa shape index (κ2) is 15.3. The quantitative estimate of drug-likeness (QED) is 0.206. The molecule has 6 nitrogen and oxygen atoms in total. The van der Waals surface area contributed by atoms with Gasteiger partial charge in [-0.05, 0) is 68.2 Å². The topological polar surface area (TPSA) is 76.1 Å². The number of ketones is 1. The lowest BCUT2D eigenvalue weighted by molar-refractivity contribution is -0.133. The maximum Gasteiger partial charge on any atom is 0.223 e. The number of hydrogen-bond donors (Lipinski definition) is 1. The zero-order valence-electron chi connectivity index (χ0n) is 24.0. The van der Waals surface area contributed by atoms with Gasteiger partial charge in [0, 0.05) is 25.3 Å². The predicted octanol–water partition coefficient (Wildman–Crippen LogP) is 6.58. The monoisotopic (exact) mass is 527 g/mol. The number of carbonyl (C=O) groups is 2. The van der Waals surface area contributed by atoms with Crippen LogP contribution < -0.4 is 9.47 Å². The summed E-state index contributed by atoms with van der Waals surface area (Å²) >= 11 is 0. The maximum atomic E-state index is 13.0. The lowest BCUT2D eigenvalue weighted by Crippen LogP contribution is -2.38. The third-order valence-electron chi connectivity index (χ3n) is 8.50. The molecule has 0 radical (unpaired) electrons. The minimum Gasteiger partial charge on any atom is -0.493 e. The van der Waals surface area contributed by atoms with Gasteiger partial charge in [0.05, 0.1) is 26.4 Å². The largest absolute Gasteiger partial charge is 0.493 e. The Morgan fingerprint density at radius 2 is 1.82 bits per heavy atom. The summed E-state index contributed by atoms with van der Waals surface area (Å²) in [6, 6.07) is 4.07. The van der Waals surface area contributed by atoms with E-state index in [9.17, 15) is 14.7 Å². The number of fused-ring (bicyclic) bond motifs is 1. The summed E-state index contributed by atoms with van der Waals surface area (Å²) < 4.78 is 10.9. The molecule has 1 amide bonds. The number of rotatable bonds is 15. The van der Waals surface area contributed by atoms with Gasteiger partial charge in [-0.2, -0.15) is 0 Å². The van der Waals surface area contributed by atoms with Crippen molar-refractivity contribution in [1.82, 2.24) is 4.90 Å². The fourth-order valence-corrected chi connectivity index (χ4v) is 6.13. The highest BCUT2D eigenvalue weighted by molar-refractivity contribution is 5.83. The summed E-state index contributed by atoms with van der Waals surface area (Å²) in [6.45, 7) is 4.99. The third kappa shape index (κ3) is 8.08. The average Bonchev–Trinajstić information content (AvgIpc) is 3.27. The number of allylic oxidation sites excluding steroid dienone is 1. The Morgan fingerprint density at radius 1 is 1.08 bits per heavy atom. The molecule has 6 heteroatoms. The average molecular weight is 528 g/mol. The number of amides is 1. The number of carbonyl (C=O) groups excluding carboxylic acids is 2. The van der Waals surface area contributed by atoms with E-state index in [1.54, 1.807) is 14.2 Å². The smallest absolute Gasteiger partial charge is 0.223 e. The molecule has 0 saturated heterocycles. The van der Waals surface area contributed by atoms with E-state index < -0.39 is 6.10 Å². The van der Waals surface area contributed by atoms with Gasteiger partial charge in [-0.25, -0.2) is 0 Å². The van der Waals surface area contributed by atoms with Gasteiger partial charge in [0.1, 0.15) is 5.78 Å². The van der Waals surface area contributed by atoms with E-state index in [-0.39, 0.29) is 23.8 Å². The van der Waals surface area contributed by atoms with Crippen molar-refractivity contribution in [3.05, 3.63) is 35.4 Å². The fourth-order valence-electron chi connectivity index (χ4n) is 6.13. The summed E-state index contributed by atoms with van der Waals surface area (Å²) in [6.07, 6.45) is 15.6. The Labute approximate surface area is 229 Å². The van der Waals surface area contributed by atoms with Crippen LogP contribution in [0.4, 0.5) is 0 Å². The molecule has 3 rings (SSSR count). The predicted molar refractivity (Wildman–Crippen MR) is 152 cm³/mol. The van der Waals surface area contributed by atoms with Crippen LogP contribution in [0.2, 0.25) is 0 Å². The fraction of sp³-hybridized carbons (Fsp3) is 0.688. The van der Waals surface area contributed by atoms with Gasteiger partial charge < -0.3 is 19.5 Å². The molecule has 0 aromatic heterocycles. The molecule has 38 heavy (non-hydrogen) atoms. The summed E-state index contributed by atoms with van der Waals surface area (Å²) in [5.74, 6) is 2.40. The Morgan fingerprint density at radius 3 is 2.55 bits per heavy atom. The van der Waals surface area contributed by atoms with Crippen molar-refractivity contribution in [3.63, 3.8) is 0 Å². The first kappa shape index (κ1) is 30.2. The zero-order chi connectivity index (χ0) is 27.5.